The maximum atomic E-state index is 12.8. The van der Waals surface area contributed by atoms with Gasteiger partial charge < -0.3 is 14.4 Å². The van der Waals surface area contributed by atoms with Crippen molar-refractivity contribution in [3.8, 4) is 11.5 Å². The number of aromatic nitrogens is 1. The number of alkyl halides is 3. The number of benzene rings is 2. The first kappa shape index (κ1) is 24.2. The van der Waals surface area contributed by atoms with Crippen LogP contribution in [0.2, 0.25) is 0 Å². The molecule has 1 atom stereocenters. The number of carbonyl (C=O) groups is 1. The van der Waals surface area contributed by atoms with Crippen LogP contribution in [-0.2, 0) is 4.79 Å². The summed E-state index contributed by atoms with van der Waals surface area (Å²) < 4.78 is 49.3. The summed E-state index contributed by atoms with van der Waals surface area (Å²) in [5.74, 6) is 0.532. The normalized spacial score (nSPS) is 15.1. The second kappa shape index (κ2) is 10.1. The number of para-hydroxylation sites is 1. The number of carbonyl (C=O) groups excluding carboxylic acids is 1. The van der Waals surface area contributed by atoms with E-state index < -0.39 is 6.36 Å². The van der Waals surface area contributed by atoms with Crippen LogP contribution in [0.1, 0.15) is 32.2 Å². The number of halogens is 3. The van der Waals surface area contributed by atoms with Crippen molar-refractivity contribution in [1.82, 2.24) is 0 Å². The number of nitrogens with zero attached hydrogens (tertiary/aromatic N) is 2. The molecule has 0 saturated carbocycles. The summed E-state index contributed by atoms with van der Waals surface area (Å²) in [5, 5.41) is 1.04. The number of rotatable bonds is 8. The summed E-state index contributed by atoms with van der Waals surface area (Å²) >= 11 is 1.43. The molecule has 0 N–H and O–H groups in total. The molecule has 3 aromatic rings. The first-order chi connectivity index (χ1) is 16.3. The molecule has 0 aliphatic carbocycles. The topological polar surface area (TPSA) is 42.6 Å². The van der Waals surface area contributed by atoms with Gasteiger partial charge in [-0.25, -0.2) is 0 Å². The molecule has 0 radical (unpaired) electrons. The summed E-state index contributed by atoms with van der Waals surface area (Å²) in [6, 6.07) is 13.5. The quantitative estimate of drug-likeness (QED) is 0.291. The van der Waals surface area contributed by atoms with Gasteiger partial charge in [0.1, 0.15) is 5.75 Å². The van der Waals surface area contributed by atoms with Gasteiger partial charge in [-0.2, -0.15) is 4.57 Å². The number of hydrogen-bond donors (Lipinski definition) is 0. The van der Waals surface area contributed by atoms with Gasteiger partial charge in [-0.3, -0.25) is 4.79 Å². The average molecular weight is 492 g/mol. The lowest BCUT2D eigenvalue weighted by molar-refractivity contribution is -0.704. The van der Waals surface area contributed by atoms with E-state index in [-0.39, 0.29) is 23.5 Å². The predicted octanol–water partition coefficient (Wildman–Crippen LogP) is 5.90. The molecular weight excluding hydrogens is 465 g/mol. The van der Waals surface area contributed by atoms with Crippen molar-refractivity contribution in [1.29, 1.82) is 0 Å². The molecule has 1 aliphatic heterocycles. The third-order valence-corrected chi connectivity index (χ3v) is 6.87. The highest BCUT2D eigenvalue weighted by Crippen LogP contribution is 2.34. The van der Waals surface area contributed by atoms with E-state index in [1.165, 1.54) is 40.9 Å². The SMILES string of the molecule is CCCCC1COc2cccc3c(SCC(=O)N(C)c4ccc(OC(F)(F)F)cc4)cc[n+]1c23. The zero-order chi connectivity index (χ0) is 24.3. The van der Waals surface area contributed by atoms with E-state index in [0.717, 1.165) is 40.8 Å². The number of hydrogen-bond acceptors (Lipinski definition) is 4. The molecule has 1 unspecified atom stereocenters. The molecule has 5 nitrogen and oxygen atoms in total. The van der Waals surface area contributed by atoms with E-state index in [2.05, 4.69) is 22.4 Å². The third kappa shape index (κ3) is 5.41. The standard InChI is InChI=1S/C25H26F3N2O3S/c1-3-4-6-18-15-32-21-8-5-7-20-22(13-14-30(18)24(20)21)34-16-23(31)29(2)17-9-11-19(12-10-17)33-25(26,27)28/h5,7-14,18H,3-4,6,15-16H2,1-2H3/q+1. The molecule has 2 aromatic carbocycles. The molecule has 0 fully saturated rings. The van der Waals surface area contributed by atoms with E-state index in [1.807, 2.05) is 24.3 Å². The number of unbranched alkanes of at least 4 members (excludes halogenated alkanes) is 1. The second-order valence-electron chi connectivity index (χ2n) is 8.13. The van der Waals surface area contributed by atoms with Gasteiger partial charge >= 0.3 is 6.36 Å². The van der Waals surface area contributed by atoms with Crippen molar-refractivity contribution in [2.75, 3.05) is 24.3 Å². The lowest BCUT2D eigenvalue weighted by Crippen LogP contribution is -2.46. The third-order valence-electron chi connectivity index (χ3n) is 5.81. The van der Waals surface area contributed by atoms with Gasteiger partial charge in [-0.05, 0) is 42.8 Å². The summed E-state index contributed by atoms with van der Waals surface area (Å²) in [5.41, 5.74) is 1.53. The van der Waals surface area contributed by atoms with Crippen LogP contribution < -0.4 is 18.9 Å². The zero-order valence-electron chi connectivity index (χ0n) is 19.0. The molecule has 0 spiro atoms. The molecule has 1 aliphatic rings. The van der Waals surface area contributed by atoms with E-state index in [4.69, 9.17) is 4.74 Å². The minimum atomic E-state index is -4.75. The van der Waals surface area contributed by atoms with Gasteiger partial charge in [0.2, 0.25) is 5.91 Å². The Morgan fingerprint density at radius 2 is 1.97 bits per heavy atom. The fourth-order valence-corrected chi connectivity index (χ4v) is 4.98. The van der Waals surface area contributed by atoms with Crippen molar-refractivity contribution >= 4 is 34.3 Å². The molecular formula is C25H26F3N2O3S+. The molecule has 0 bridgehead atoms. The number of anilines is 1. The van der Waals surface area contributed by atoms with Crippen LogP contribution in [0.3, 0.4) is 0 Å². The van der Waals surface area contributed by atoms with Gasteiger partial charge in [0, 0.05) is 30.1 Å². The van der Waals surface area contributed by atoms with Crippen LogP contribution in [-0.4, -0.2) is 31.7 Å². The van der Waals surface area contributed by atoms with E-state index >= 15 is 0 Å². The van der Waals surface area contributed by atoms with E-state index in [1.54, 1.807) is 7.05 Å². The van der Waals surface area contributed by atoms with E-state index in [0.29, 0.717) is 12.3 Å². The minimum Gasteiger partial charge on any atom is -0.480 e. The van der Waals surface area contributed by atoms with Crippen LogP contribution in [0.15, 0.2) is 59.6 Å². The molecule has 9 heteroatoms. The maximum Gasteiger partial charge on any atom is 0.573 e. The summed E-state index contributed by atoms with van der Waals surface area (Å²) in [7, 11) is 1.60. The highest BCUT2D eigenvalue weighted by molar-refractivity contribution is 8.00. The highest BCUT2D eigenvalue weighted by Gasteiger charge is 2.32. The first-order valence-electron chi connectivity index (χ1n) is 11.1. The Kier molecular flexibility index (Phi) is 7.21. The molecule has 1 aromatic heterocycles. The Labute approximate surface area is 200 Å². The fourth-order valence-electron chi connectivity index (χ4n) is 4.03. The smallest absolute Gasteiger partial charge is 0.480 e. The zero-order valence-corrected chi connectivity index (χ0v) is 19.8. The van der Waals surface area contributed by atoms with Gasteiger partial charge in [0.05, 0.1) is 11.1 Å². The van der Waals surface area contributed by atoms with Crippen LogP contribution in [0.25, 0.3) is 10.9 Å². The molecule has 34 heavy (non-hydrogen) atoms. The fraction of sp³-hybridized carbons (Fsp3) is 0.360. The summed E-state index contributed by atoms with van der Waals surface area (Å²) in [6.07, 6.45) is 0.629. The largest absolute Gasteiger partial charge is 0.573 e. The van der Waals surface area contributed by atoms with Gasteiger partial charge in [0.25, 0.3) is 5.52 Å². The lowest BCUT2D eigenvalue weighted by atomic mass is 10.1. The number of thioether (sulfide) groups is 1. The Morgan fingerprint density at radius 3 is 2.68 bits per heavy atom. The Bertz CT molecular complexity index is 1170. The van der Waals surface area contributed by atoms with Crippen LogP contribution in [0, 0.1) is 0 Å². The lowest BCUT2D eigenvalue weighted by Gasteiger charge is -2.22. The molecule has 2 heterocycles. The van der Waals surface area contributed by atoms with Crippen molar-refractivity contribution in [3.05, 3.63) is 54.7 Å². The van der Waals surface area contributed by atoms with Gasteiger partial charge in [0.15, 0.2) is 24.6 Å². The number of amides is 1. The average Bonchev–Trinajstić information content (AvgIpc) is 2.82. The van der Waals surface area contributed by atoms with Crippen LogP contribution >= 0.6 is 11.8 Å². The molecule has 1 amide bonds. The first-order valence-corrected chi connectivity index (χ1v) is 12.1. The monoisotopic (exact) mass is 491 g/mol. The second-order valence-corrected chi connectivity index (χ2v) is 9.15. The van der Waals surface area contributed by atoms with Gasteiger partial charge in [-0.1, -0.05) is 19.4 Å². The van der Waals surface area contributed by atoms with Gasteiger partial charge in [-0.15, -0.1) is 24.9 Å². The summed E-state index contributed by atoms with van der Waals surface area (Å²) in [6.45, 7) is 2.83. The van der Waals surface area contributed by atoms with Crippen molar-refractivity contribution in [2.45, 2.75) is 43.5 Å². The predicted molar refractivity (Wildman–Crippen MR) is 125 cm³/mol. The summed E-state index contributed by atoms with van der Waals surface area (Å²) in [4.78, 5) is 15.2. The number of ether oxygens (including phenoxy) is 2. The molecule has 180 valence electrons. The maximum absolute atomic E-state index is 12.8. The minimum absolute atomic E-state index is 0.167. The van der Waals surface area contributed by atoms with Crippen molar-refractivity contribution < 1.29 is 32.0 Å². The highest BCUT2D eigenvalue weighted by atomic mass is 32.2. The van der Waals surface area contributed by atoms with Crippen molar-refractivity contribution in [3.63, 3.8) is 0 Å². The number of pyridine rings is 1. The Morgan fingerprint density at radius 1 is 1.21 bits per heavy atom. The van der Waals surface area contributed by atoms with Crippen LogP contribution in [0.4, 0.5) is 18.9 Å². The Hall–Kier alpha value is -2.94. The van der Waals surface area contributed by atoms with E-state index in [9.17, 15) is 18.0 Å². The molecule has 0 saturated heterocycles. The van der Waals surface area contributed by atoms with Crippen molar-refractivity contribution in [2.24, 2.45) is 0 Å². The Balaban J connectivity index is 1.47. The molecule has 4 rings (SSSR count). The van der Waals surface area contributed by atoms with Crippen LogP contribution in [0.5, 0.6) is 11.5 Å².